The fraction of sp³-hybridized carbons (Fsp3) is 0.105. The van der Waals surface area contributed by atoms with Gasteiger partial charge < -0.3 is 14.5 Å². The van der Waals surface area contributed by atoms with E-state index in [0.717, 1.165) is 26.6 Å². The monoisotopic (exact) mass is 363 g/mol. The second-order valence-electron chi connectivity index (χ2n) is 5.90. The van der Waals surface area contributed by atoms with Gasteiger partial charge in [-0.15, -0.1) is 10.2 Å². The first-order valence-electron chi connectivity index (χ1n) is 8.15. The summed E-state index contributed by atoms with van der Waals surface area (Å²) in [7, 11) is 1.90. The summed E-state index contributed by atoms with van der Waals surface area (Å²) in [5.41, 5.74) is 1.83. The molecule has 130 valence electrons. The van der Waals surface area contributed by atoms with Crippen LogP contribution in [0.4, 0.5) is 5.69 Å². The molecule has 0 fully saturated rings. The first-order valence-corrected chi connectivity index (χ1v) is 8.96. The van der Waals surface area contributed by atoms with E-state index in [-0.39, 0.29) is 12.5 Å². The molecule has 2 aromatic heterocycles. The summed E-state index contributed by atoms with van der Waals surface area (Å²) in [6.07, 6.45) is 3.60. The maximum absolute atomic E-state index is 12.4. The summed E-state index contributed by atoms with van der Waals surface area (Å²) < 4.78 is 3.81. The highest BCUT2D eigenvalue weighted by molar-refractivity contribution is 7.99. The number of hydrogen-bond donors (Lipinski definition) is 1. The van der Waals surface area contributed by atoms with Gasteiger partial charge in [0.05, 0.1) is 0 Å². The standard InChI is InChI=1S/C19H17N5OS/c1-23-13-20-22-19(23)26-16-8-6-15(7-9-16)21-18(25)12-24-11-10-14-4-2-3-5-17(14)24/h2-11,13H,12H2,1H3,(H,21,25). The maximum atomic E-state index is 12.4. The third kappa shape index (κ3) is 3.48. The molecule has 0 aliphatic rings. The number of anilines is 1. The lowest BCUT2D eigenvalue weighted by atomic mass is 10.2. The van der Waals surface area contributed by atoms with Gasteiger partial charge >= 0.3 is 0 Å². The van der Waals surface area contributed by atoms with Crippen LogP contribution in [0.5, 0.6) is 0 Å². The van der Waals surface area contributed by atoms with Crippen molar-refractivity contribution in [3.8, 4) is 0 Å². The van der Waals surface area contributed by atoms with Crippen molar-refractivity contribution in [2.75, 3.05) is 5.32 Å². The van der Waals surface area contributed by atoms with Crippen molar-refractivity contribution in [2.45, 2.75) is 16.6 Å². The molecule has 0 saturated carbocycles. The van der Waals surface area contributed by atoms with Crippen LogP contribution in [-0.2, 0) is 18.4 Å². The second-order valence-corrected chi connectivity index (χ2v) is 6.94. The van der Waals surface area contributed by atoms with E-state index in [1.165, 1.54) is 11.8 Å². The Morgan fingerprint density at radius 3 is 2.69 bits per heavy atom. The molecule has 1 N–H and O–H groups in total. The van der Waals surface area contributed by atoms with Crippen molar-refractivity contribution in [3.63, 3.8) is 0 Å². The van der Waals surface area contributed by atoms with Crippen molar-refractivity contribution < 1.29 is 4.79 Å². The number of para-hydroxylation sites is 1. The minimum Gasteiger partial charge on any atom is -0.338 e. The molecule has 0 saturated heterocycles. The number of nitrogens with one attached hydrogen (secondary N) is 1. The van der Waals surface area contributed by atoms with Crippen LogP contribution < -0.4 is 5.32 Å². The molecule has 7 heteroatoms. The molecule has 0 aliphatic heterocycles. The van der Waals surface area contributed by atoms with E-state index in [1.54, 1.807) is 6.33 Å². The first kappa shape index (κ1) is 16.4. The third-order valence-electron chi connectivity index (χ3n) is 4.01. The zero-order valence-corrected chi connectivity index (χ0v) is 15.0. The lowest BCUT2D eigenvalue weighted by molar-refractivity contribution is -0.116. The zero-order chi connectivity index (χ0) is 17.9. The van der Waals surface area contributed by atoms with E-state index in [1.807, 2.05) is 77.0 Å². The molecule has 2 aromatic carbocycles. The number of fused-ring (bicyclic) bond motifs is 1. The van der Waals surface area contributed by atoms with Crippen LogP contribution in [-0.4, -0.2) is 25.2 Å². The molecule has 4 rings (SSSR count). The van der Waals surface area contributed by atoms with E-state index in [4.69, 9.17) is 0 Å². The largest absolute Gasteiger partial charge is 0.338 e. The van der Waals surface area contributed by atoms with Gasteiger partial charge in [0.2, 0.25) is 5.91 Å². The zero-order valence-electron chi connectivity index (χ0n) is 14.2. The number of benzene rings is 2. The number of rotatable bonds is 5. The number of amides is 1. The molecule has 26 heavy (non-hydrogen) atoms. The lowest BCUT2D eigenvalue weighted by Gasteiger charge is -2.08. The Labute approximate surface area is 154 Å². The molecule has 4 aromatic rings. The minimum absolute atomic E-state index is 0.0555. The van der Waals surface area contributed by atoms with Crippen LogP contribution in [0.15, 0.2) is 77.2 Å². The minimum atomic E-state index is -0.0555. The highest BCUT2D eigenvalue weighted by atomic mass is 32.2. The fourth-order valence-electron chi connectivity index (χ4n) is 2.71. The smallest absolute Gasteiger partial charge is 0.244 e. The van der Waals surface area contributed by atoms with E-state index in [9.17, 15) is 4.79 Å². The Morgan fingerprint density at radius 2 is 1.92 bits per heavy atom. The SMILES string of the molecule is Cn1cnnc1Sc1ccc(NC(=O)Cn2ccc3ccccc32)cc1. The molecule has 1 amide bonds. The lowest BCUT2D eigenvalue weighted by Crippen LogP contribution is -2.18. The van der Waals surface area contributed by atoms with Crippen LogP contribution in [0.3, 0.4) is 0 Å². The van der Waals surface area contributed by atoms with E-state index in [0.29, 0.717) is 0 Å². The topological polar surface area (TPSA) is 64.7 Å². The molecule has 2 heterocycles. The van der Waals surface area contributed by atoms with E-state index >= 15 is 0 Å². The Hall–Kier alpha value is -3.06. The highest BCUT2D eigenvalue weighted by Gasteiger charge is 2.07. The van der Waals surface area contributed by atoms with Crippen molar-refractivity contribution >= 4 is 34.3 Å². The summed E-state index contributed by atoms with van der Waals surface area (Å²) in [5, 5.41) is 12.8. The van der Waals surface area contributed by atoms with E-state index < -0.39 is 0 Å². The predicted octanol–water partition coefficient (Wildman–Crippen LogP) is 3.56. The number of aromatic nitrogens is 4. The molecule has 0 atom stereocenters. The van der Waals surface area contributed by atoms with Gasteiger partial charge in [0, 0.05) is 29.3 Å². The fourth-order valence-corrected chi connectivity index (χ4v) is 3.47. The molecule has 0 unspecified atom stereocenters. The molecular weight excluding hydrogens is 346 g/mol. The number of aryl methyl sites for hydroxylation is 1. The highest BCUT2D eigenvalue weighted by Crippen LogP contribution is 2.26. The quantitative estimate of drug-likeness (QED) is 0.589. The number of carbonyl (C=O) groups is 1. The molecular formula is C19H17N5OS. The number of nitrogens with zero attached hydrogens (tertiary/aromatic N) is 4. The molecule has 6 nitrogen and oxygen atoms in total. The second kappa shape index (κ2) is 7.05. The van der Waals surface area contributed by atoms with Crippen LogP contribution in [0.25, 0.3) is 10.9 Å². The van der Waals surface area contributed by atoms with Crippen LogP contribution in [0.2, 0.25) is 0 Å². The summed E-state index contributed by atoms with van der Waals surface area (Å²) in [6.45, 7) is 0.281. The Morgan fingerprint density at radius 1 is 1.12 bits per heavy atom. The first-order chi connectivity index (χ1) is 12.7. The van der Waals surface area contributed by atoms with E-state index in [2.05, 4.69) is 15.5 Å². The van der Waals surface area contributed by atoms with Crippen molar-refractivity contribution in [1.29, 1.82) is 0 Å². The van der Waals surface area contributed by atoms with Crippen molar-refractivity contribution in [2.24, 2.45) is 7.05 Å². The average molecular weight is 363 g/mol. The van der Waals surface area contributed by atoms with Gasteiger partial charge in [0.15, 0.2) is 5.16 Å². The van der Waals surface area contributed by atoms with Crippen LogP contribution >= 0.6 is 11.8 Å². The summed E-state index contributed by atoms with van der Waals surface area (Å²) in [4.78, 5) is 13.4. The molecule has 0 spiro atoms. The van der Waals surface area contributed by atoms with Gasteiger partial charge in [-0.1, -0.05) is 18.2 Å². The van der Waals surface area contributed by atoms with Gasteiger partial charge in [-0.25, -0.2) is 0 Å². The molecule has 0 bridgehead atoms. The van der Waals surface area contributed by atoms with Crippen LogP contribution in [0, 0.1) is 0 Å². The number of carbonyl (C=O) groups excluding carboxylic acids is 1. The van der Waals surface area contributed by atoms with Gasteiger partial charge in [0.1, 0.15) is 12.9 Å². The van der Waals surface area contributed by atoms with Gasteiger partial charge in [-0.3, -0.25) is 4.79 Å². The molecule has 0 aliphatic carbocycles. The van der Waals surface area contributed by atoms with Crippen molar-refractivity contribution in [3.05, 3.63) is 67.1 Å². The third-order valence-corrected chi connectivity index (χ3v) is 5.07. The van der Waals surface area contributed by atoms with Gasteiger partial charge in [-0.2, -0.15) is 0 Å². The van der Waals surface area contributed by atoms with Gasteiger partial charge in [0.25, 0.3) is 0 Å². The average Bonchev–Trinajstić information content (AvgIpc) is 3.23. The predicted molar refractivity (Wildman–Crippen MR) is 102 cm³/mol. The Kier molecular flexibility index (Phi) is 4.45. The Balaban J connectivity index is 1.40. The van der Waals surface area contributed by atoms with Gasteiger partial charge in [-0.05, 0) is 53.5 Å². The van der Waals surface area contributed by atoms with Crippen molar-refractivity contribution in [1.82, 2.24) is 19.3 Å². The van der Waals surface area contributed by atoms with Crippen LogP contribution in [0.1, 0.15) is 0 Å². The summed E-state index contributed by atoms with van der Waals surface area (Å²) in [6, 6.07) is 17.7. The summed E-state index contributed by atoms with van der Waals surface area (Å²) >= 11 is 1.53. The summed E-state index contributed by atoms with van der Waals surface area (Å²) in [5.74, 6) is -0.0555. The molecule has 0 radical (unpaired) electrons. The normalized spacial score (nSPS) is 11.0. The number of hydrogen-bond acceptors (Lipinski definition) is 4. The Bertz CT molecular complexity index is 1050. The maximum Gasteiger partial charge on any atom is 0.244 e.